The molecule has 1 aromatic rings. The summed E-state index contributed by atoms with van der Waals surface area (Å²) in [6.07, 6.45) is 8.64. The number of ether oxygens (including phenoxy) is 1. The van der Waals surface area contributed by atoms with Crippen molar-refractivity contribution in [2.24, 2.45) is 0 Å². The zero-order valence-corrected chi connectivity index (χ0v) is 11.6. The molecule has 0 bridgehead atoms. The monoisotopic (exact) mass is 264 g/mol. The number of piperidine rings is 1. The van der Waals surface area contributed by atoms with Crippen molar-refractivity contribution in [3.05, 3.63) is 11.6 Å². The van der Waals surface area contributed by atoms with Crippen molar-refractivity contribution >= 4 is 0 Å². The first kappa shape index (κ1) is 13.1. The van der Waals surface area contributed by atoms with E-state index < -0.39 is 0 Å². The molecule has 3 heterocycles. The third kappa shape index (κ3) is 3.34. The number of hydrogen-bond donors (Lipinski definition) is 1. The molecule has 0 spiro atoms. The predicted molar refractivity (Wildman–Crippen MR) is 72.9 cm³/mol. The van der Waals surface area contributed by atoms with E-state index >= 15 is 0 Å². The fraction of sp³-hybridized carbons (Fsp3) is 0.857. The Labute approximate surface area is 114 Å². The van der Waals surface area contributed by atoms with E-state index in [1.807, 2.05) is 0 Å². The standard InChI is InChI=1S/C14H24N4O/c1-3-8-15-12(5-1)7-10-19-11-14-17-16-13-6-2-4-9-18(13)14/h12,15H,1-11H2. The molecular formula is C14H24N4O. The summed E-state index contributed by atoms with van der Waals surface area (Å²) >= 11 is 0. The zero-order chi connectivity index (χ0) is 12.9. The third-order valence-corrected chi connectivity index (χ3v) is 4.19. The summed E-state index contributed by atoms with van der Waals surface area (Å²) in [7, 11) is 0. The van der Waals surface area contributed by atoms with Gasteiger partial charge in [0.2, 0.25) is 0 Å². The quantitative estimate of drug-likeness (QED) is 0.822. The molecule has 1 aromatic heterocycles. The van der Waals surface area contributed by atoms with Gasteiger partial charge in [0, 0.05) is 25.6 Å². The van der Waals surface area contributed by atoms with Crippen LogP contribution in [0, 0.1) is 0 Å². The van der Waals surface area contributed by atoms with Gasteiger partial charge in [0.25, 0.3) is 0 Å². The molecule has 19 heavy (non-hydrogen) atoms. The molecule has 0 saturated carbocycles. The normalized spacial score (nSPS) is 23.3. The molecule has 3 rings (SSSR count). The summed E-state index contributed by atoms with van der Waals surface area (Å²) in [6.45, 7) is 3.66. The summed E-state index contributed by atoms with van der Waals surface area (Å²) in [6, 6.07) is 0.654. The Balaban J connectivity index is 1.41. The van der Waals surface area contributed by atoms with Crippen molar-refractivity contribution < 1.29 is 4.74 Å². The Morgan fingerprint density at radius 3 is 3.11 bits per heavy atom. The lowest BCUT2D eigenvalue weighted by molar-refractivity contribution is 0.100. The van der Waals surface area contributed by atoms with Crippen molar-refractivity contribution in [1.82, 2.24) is 20.1 Å². The molecule has 1 fully saturated rings. The highest BCUT2D eigenvalue weighted by Gasteiger charge is 2.16. The number of aromatic nitrogens is 3. The largest absolute Gasteiger partial charge is 0.373 e. The lowest BCUT2D eigenvalue weighted by atomic mass is 10.0. The van der Waals surface area contributed by atoms with Gasteiger partial charge in [-0.15, -0.1) is 10.2 Å². The Morgan fingerprint density at radius 1 is 1.21 bits per heavy atom. The maximum Gasteiger partial charge on any atom is 0.159 e. The Hall–Kier alpha value is -0.940. The molecule has 106 valence electrons. The fourth-order valence-electron chi connectivity index (χ4n) is 3.03. The number of hydrogen-bond acceptors (Lipinski definition) is 4. The van der Waals surface area contributed by atoms with Gasteiger partial charge in [0.1, 0.15) is 12.4 Å². The lowest BCUT2D eigenvalue weighted by Crippen LogP contribution is -2.34. The van der Waals surface area contributed by atoms with Crippen molar-refractivity contribution in [3.8, 4) is 0 Å². The van der Waals surface area contributed by atoms with Crippen LogP contribution in [0.3, 0.4) is 0 Å². The first-order chi connectivity index (χ1) is 9.43. The minimum atomic E-state index is 0.611. The van der Waals surface area contributed by atoms with Crippen LogP contribution in [0.5, 0.6) is 0 Å². The SMILES string of the molecule is C1CCC(CCOCc2nnc3n2CCCC3)NC1. The molecule has 2 aliphatic heterocycles. The van der Waals surface area contributed by atoms with Gasteiger partial charge < -0.3 is 14.6 Å². The molecular weight excluding hydrogens is 240 g/mol. The summed E-state index contributed by atoms with van der Waals surface area (Å²) in [5, 5.41) is 12.0. The molecule has 1 saturated heterocycles. The van der Waals surface area contributed by atoms with E-state index in [2.05, 4.69) is 20.1 Å². The Morgan fingerprint density at radius 2 is 2.21 bits per heavy atom. The van der Waals surface area contributed by atoms with Crippen molar-refractivity contribution in [1.29, 1.82) is 0 Å². The second-order valence-electron chi connectivity index (χ2n) is 5.63. The average Bonchev–Trinajstić information content (AvgIpc) is 2.88. The van der Waals surface area contributed by atoms with Gasteiger partial charge in [-0.1, -0.05) is 6.42 Å². The number of aryl methyl sites for hydroxylation is 1. The van der Waals surface area contributed by atoms with Gasteiger partial charge in [0.05, 0.1) is 0 Å². The van der Waals surface area contributed by atoms with Crippen LogP contribution in [0.25, 0.3) is 0 Å². The van der Waals surface area contributed by atoms with Crippen molar-refractivity contribution in [2.45, 2.75) is 64.1 Å². The highest BCUT2D eigenvalue weighted by atomic mass is 16.5. The predicted octanol–water partition coefficient (Wildman–Crippen LogP) is 1.66. The van der Waals surface area contributed by atoms with Crippen LogP contribution in [0.4, 0.5) is 0 Å². The highest BCUT2D eigenvalue weighted by molar-refractivity contribution is 4.97. The fourth-order valence-corrected chi connectivity index (χ4v) is 3.03. The smallest absolute Gasteiger partial charge is 0.159 e. The van der Waals surface area contributed by atoms with Gasteiger partial charge in [-0.25, -0.2) is 0 Å². The van der Waals surface area contributed by atoms with E-state index in [1.165, 1.54) is 38.6 Å². The van der Waals surface area contributed by atoms with E-state index in [0.717, 1.165) is 37.6 Å². The molecule has 1 unspecified atom stereocenters. The van der Waals surface area contributed by atoms with E-state index in [9.17, 15) is 0 Å². The van der Waals surface area contributed by atoms with Crippen LogP contribution in [0.2, 0.25) is 0 Å². The van der Waals surface area contributed by atoms with Crippen LogP contribution < -0.4 is 5.32 Å². The topological polar surface area (TPSA) is 52.0 Å². The molecule has 5 nitrogen and oxygen atoms in total. The zero-order valence-electron chi connectivity index (χ0n) is 11.6. The summed E-state index contributed by atoms with van der Waals surface area (Å²) in [4.78, 5) is 0. The number of nitrogens with one attached hydrogen (secondary N) is 1. The second kappa shape index (κ2) is 6.48. The van der Waals surface area contributed by atoms with Crippen LogP contribution in [0.15, 0.2) is 0 Å². The van der Waals surface area contributed by atoms with Crippen LogP contribution in [-0.4, -0.2) is 34.0 Å². The Bertz CT molecular complexity index is 398. The summed E-state index contributed by atoms with van der Waals surface area (Å²) in [5.41, 5.74) is 0. The van der Waals surface area contributed by atoms with Gasteiger partial charge in [0.15, 0.2) is 5.82 Å². The third-order valence-electron chi connectivity index (χ3n) is 4.19. The number of fused-ring (bicyclic) bond motifs is 1. The first-order valence-corrected chi connectivity index (χ1v) is 7.65. The molecule has 1 N–H and O–H groups in total. The number of nitrogens with zero attached hydrogens (tertiary/aromatic N) is 3. The second-order valence-corrected chi connectivity index (χ2v) is 5.63. The highest BCUT2D eigenvalue weighted by Crippen LogP contribution is 2.15. The maximum atomic E-state index is 5.78. The minimum Gasteiger partial charge on any atom is -0.373 e. The van der Waals surface area contributed by atoms with Crippen LogP contribution in [0.1, 0.15) is 50.2 Å². The van der Waals surface area contributed by atoms with Crippen molar-refractivity contribution in [2.75, 3.05) is 13.2 Å². The first-order valence-electron chi connectivity index (χ1n) is 7.65. The van der Waals surface area contributed by atoms with Crippen molar-refractivity contribution in [3.63, 3.8) is 0 Å². The van der Waals surface area contributed by atoms with E-state index in [4.69, 9.17) is 4.74 Å². The van der Waals surface area contributed by atoms with E-state index in [1.54, 1.807) is 0 Å². The summed E-state index contributed by atoms with van der Waals surface area (Å²) in [5.74, 6) is 2.14. The molecule has 0 radical (unpaired) electrons. The van der Waals surface area contributed by atoms with Gasteiger partial charge in [-0.3, -0.25) is 0 Å². The molecule has 0 amide bonds. The van der Waals surface area contributed by atoms with Crippen LogP contribution in [-0.2, 0) is 24.3 Å². The van der Waals surface area contributed by atoms with Gasteiger partial charge >= 0.3 is 0 Å². The molecule has 5 heteroatoms. The van der Waals surface area contributed by atoms with E-state index in [0.29, 0.717) is 12.6 Å². The minimum absolute atomic E-state index is 0.611. The molecule has 0 aromatic carbocycles. The van der Waals surface area contributed by atoms with Crippen LogP contribution >= 0.6 is 0 Å². The van der Waals surface area contributed by atoms with Gasteiger partial charge in [-0.2, -0.15) is 0 Å². The maximum absolute atomic E-state index is 5.78. The van der Waals surface area contributed by atoms with Gasteiger partial charge in [-0.05, 0) is 38.6 Å². The molecule has 2 aliphatic rings. The van der Waals surface area contributed by atoms with E-state index in [-0.39, 0.29) is 0 Å². The molecule has 0 aliphatic carbocycles. The number of rotatable bonds is 5. The molecule has 1 atom stereocenters. The average molecular weight is 264 g/mol. The summed E-state index contributed by atoms with van der Waals surface area (Å²) < 4.78 is 8.02. The lowest BCUT2D eigenvalue weighted by Gasteiger charge is -2.23. The Kier molecular flexibility index (Phi) is 4.45.